The molecule has 3 nitrogen and oxygen atoms in total. The molecular formula is C13H26N2O. The molecule has 0 spiro atoms. The Bertz CT molecular complexity index is 216. The second kappa shape index (κ2) is 6.89. The minimum atomic E-state index is 0.135. The van der Waals surface area contributed by atoms with Crippen LogP contribution in [0.4, 0.5) is 0 Å². The number of hydrogen-bond donors (Lipinski definition) is 1. The fourth-order valence-electron chi connectivity index (χ4n) is 2.42. The maximum atomic E-state index is 12.1. The van der Waals surface area contributed by atoms with Crippen LogP contribution in [-0.4, -0.2) is 29.4 Å². The largest absolute Gasteiger partial charge is 0.340 e. The first-order valence-electron chi connectivity index (χ1n) is 6.70. The van der Waals surface area contributed by atoms with Gasteiger partial charge in [0.15, 0.2) is 0 Å². The number of nitrogens with zero attached hydrogens (tertiary/aromatic N) is 1. The van der Waals surface area contributed by atoms with Crippen molar-refractivity contribution in [3.8, 4) is 0 Å². The monoisotopic (exact) mass is 226 g/mol. The third kappa shape index (κ3) is 4.12. The number of nitrogens with two attached hydrogens (primary N) is 1. The molecule has 1 heterocycles. The van der Waals surface area contributed by atoms with Crippen molar-refractivity contribution in [3.63, 3.8) is 0 Å². The SMILES string of the molecule is CCC1CCCCCN1C(=O)CCC(C)N. The van der Waals surface area contributed by atoms with Gasteiger partial charge in [0.25, 0.3) is 0 Å². The van der Waals surface area contributed by atoms with Gasteiger partial charge in [-0.25, -0.2) is 0 Å². The first-order chi connectivity index (χ1) is 7.65. The van der Waals surface area contributed by atoms with Crippen molar-refractivity contribution in [3.05, 3.63) is 0 Å². The minimum absolute atomic E-state index is 0.135. The lowest BCUT2D eigenvalue weighted by Gasteiger charge is -2.29. The molecule has 0 aromatic carbocycles. The van der Waals surface area contributed by atoms with Crippen molar-refractivity contribution in [2.24, 2.45) is 5.73 Å². The van der Waals surface area contributed by atoms with Gasteiger partial charge in [0, 0.05) is 25.0 Å². The van der Waals surface area contributed by atoms with Crippen molar-refractivity contribution in [2.75, 3.05) is 6.54 Å². The van der Waals surface area contributed by atoms with Gasteiger partial charge in [0.05, 0.1) is 0 Å². The van der Waals surface area contributed by atoms with Gasteiger partial charge < -0.3 is 10.6 Å². The third-order valence-electron chi connectivity index (χ3n) is 3.48. The second-order valence-corrected chi connectivity index (χ2v) is 5.01. The molecule has 94 valence electrons. The third-order valence-corrected chi connectivity index (χ3v) is 3.48. The van der Waals surface area contributed by atoms with E-state index in [0.717, 1.165) is 19.4 Å². The molecule has 1 aliphatic rings. The summed E-state index contributed by atoms with van der Waals surface area (Å²) in [5.41, 5.74) is 5.70. The fourth-order valence-corrected chi connectivity index (χ4v) is 2.42. The maximum absolute atomic E-state index is 12.1. The highest BCUT2D eigenvalue weighted by atomic mass is 16.2. The molecule has 2 unspecified atom stereocenters. The number of hydrogen-bond acceptors (Lipinski definition) is 2. The number of likely N-dealkylation sites (tertiary alicyclic amines) is 1. The lowest BCUT2D eigenvalue weighted by molar-refractivity contribution is -0.133. The highest BCUT2D eigenvalue weighted by Gasteiger charge is 2.23. The molecular weight excluding hydrogens is 200 g/mol. The molecule has 0 aliphatic carbocycles. The molecule has 2 atom stereocenters. The smallest absolute Gasteiger partial charge is 0.222 e. The van der Waals surface area contributed by atoms with E-state index in [0.29, 0.717) is 18.4 Å². The van der Waals surface area contributed by atoms with Gasteiger partial charge in [-0.15, -0.1) is 0 Å². The summed E-state index contributed by atoms with van der Waals surface area (Å²) in [5, 5.41) is 0. The lowest BCUT2D eigenvalue weighted by Crippen LogP contribution is -2.40. The Labute approximate surface area is 99.4 Å². The topological polar surface area (TPSA) is 46.3 Å². The van der Waals surface area contributed by atoms with E-state index < -0.39 is 0 Å². The molecule has 1 aliphatic heterocycles. The summed E-state index contributed by atoms with van der Waals surface area (Å²) in [5.74, 6) is 0.311. The predicted molar refractivity (Wildman–Crippen MR) is 67.1 cm³/mol. The summed E-state index contributed by atoms with van der Waals surface area (Å²) < 4.78 is 0. The van der Waals surface area contributed by atoms with E-state index in [2.05, 4.69) is 11.8 Å². The highest BCUT2D eigenvalue weighted by molar-refractivity contribution is 5.76. The second-order valence-electron chi connectivity index (χ2n) is 5.01. The zero-order chi connectivity index (χ0) is 12.0. The van der Waals surface area contributed by atoms with Crippen LogP contribution in [0.2, 0.25) is 0 Å². The molecule has 1 rings (SSSR count). The number of carbonyl (C=O) groups is 1. The average molecular weight is 226 g/mol. The molecule has 1 saturated heterocycles. The quantitative estimate of drug-likeness (QED) is 0.799. The average Bonchev–Trinajstić information content (AvgIpc) is 2.50. The summed E-state index contributed by atoms with van der Waals surface area (Å²) >= 11 is 0. The summed E-state index contributed by atoms with van der Waals surface area (Å²) in [7, 11) is 0. The van der Waals surface area contributed by atoms with Crippen LogP contribution < -0.4 is 5.73 Å². The summed E-state index contributed by atoms with van der Waals surface area (Å²) in [4.78, 5) is 14.2. The molecule has 0 aromatic heterocycles. The molecule has 2 N–H and O–H groups in total. The standard InChI is InChI=1S/C13H26N2O/c1-3-12-7-5-4-6-10-15(12)13(16)9-8-11(2)14/h11-12H,3-10,14H2,1-2H3. The predicted octanol–water partition coefficient (Wildman–Crippen LogP) is 2.29. The summed E-state index contributed by atoms with van der Waals surface area (Å²) in [6.07, 6.45) is 7.41. The zero-order valence-corrected chi connectivity index (χ0v) is 10.7. The molecule has 16 heavy (non-hydrogen) atoms. The van der Waals surface area contributed by atoms with E-state index in [1.165, 1.54) is 25.7 Å². The van der Waals surface area contributed by atoms with Gasteiger partial charge in [0.2, 0.25) is 5.91 Å². The van der Waals surface area contributed by atoms with E-state index in [1.807, 2.05) is 6.92 Å². The van der Waals surface area contributed by atoms with E-state index in [-0.39, 0.29) is 6.04 Å². The molecule has 0 radical (unpaired) electrons. The number of amides is 1. The van der Waals surface area contributed by atoms with Gasteiger partial charge in [-0.3, -0.25) is 4.79 Å². The molecule has 3 heteroatoms. The van der Waals surface area contributed by atoms with Gasteiger partial charge in [-0.05, 0) is 32.6 Å². The first-order valence-corrected chi connectivity index (χ1v) is 6.70. The van der Waals surface area contributed by atoms with E-state index in [1.54, 1.807) is 0 Å². The normalized spacial score (nSPS) is 23.9. The first kappa shape index (κ1) is 13.5. The molecule has 0 aromatic rings. The Kier molecular flexibility index (Phi) is 5.81. The molecule has 1 amide bonds. The van der Waals surface area contributed by atoms with Crippen LogP contribution in [0, 0.1) is 0 Å². The van der Waals surface area contributed by atoms with Crippen LogP contribution in [-0.2, 0) is 4.79 Å². The van der Waals surface area contributed by atoms with Crippen LogP contribution in [0.1, 0.15) is 58.8 Å². The maximum Gasteiger partial charge on any atom is 0.222 e. The Hall–Kier alpha value is -0.570. The van der Waals surface area contributed by atoms with Crippen LogP contribution in [0.15, 0.2) is 0 Å². The van der Waals surface area contributed by atoms with Crippen molar-refractivity contribution in [1.29, 1.82) is 0 Å². The summed E-state index contributed by atoms with van der Waals surface area (Å²) in [6.45, 7) is 5.10. The van der Waals surface area contributed by atoms with Crippen LogP contribution in [0.25, 0.3) is 0 Å². The molecule has 0 bridgehead atoms. The Balaban J connectivity index is 2.49. The van der Waals surface area contributed by atoms with Crippen LogP contribution >= 0.6 is 0 Å². The van der Waals surface area contributed by atoms with Gasteiger partial charge in [-0.1, -0.05) is 19.8 Å². The Morgan fingerprint density at radius 3 is 2.81 bits per heavy atom. The summed E-state index contributed by atoms with van der Waals surface area (Å²) in [6, 6.07) is 0.610. The van der Waals surface area contributed by atoms with Crippen molar-refractivity contribution in [2.45, 2.75) is 70.9 Å². The fraction of sp³-hybridized carbons (Fsp3) is 0.923. The minimum Gasteiger partial charge on any atom is -0.340 e. The van der Waals surface area contributed by atoms with Gasteiger partial charge in [-0.2, -0.15) is 0 Å². The number of carbonyl (C=O) groups excluding carboxylic acids is 1. The van der Waals surface area contributed by atoms with E-state index in [4.69, 9.17) is 5.73 Å². The van der Waals surface area contributed by atoms with Crippen molar-refractivity contribution in [1.82, 2.24) is 4.90 Å². The van der Waals surface area contributed by atoms with Gasteiger partial charge in [0.1, 0.15) is 0 Å². The van der Waals surface area contributed by atoms with Crippen LogP contribution in [0.3, 0.4) is 0 Å². The molecule has 1 fully saturated rings. The van der Waals surface area contributed by atoms with E-state index >= 15 is 0 Å². The van der Waals surface area contributed by atoms with Crippen molar-refractivity contribution >= 4 is 5.91 Å². The van der Waals surface area contributed by atoms with E-state index in [9.17, 15) is 4.79 Å². The van der Waals surface area contributed by atoms with Gasteiger partial charge >= 0.3 is 0 Å². The van der Waals surface area contributed by atoms with Crippen molar-refractivity contribution < 1.29 is 4.79 Å². The lowest BCUT2D eigenvalue weighted by atomic mass is 10.1. The zero-order valence-electron chi connectivity index (χ0n) is 10.7. The number of rotatable bonds is 4. The Morgan fingerprint density at radius 1 is 1.44 bits per heavy atom. The highest BCUT2D eigenvalue weighted by Crippen LogP contribution is 2.20. The molecule has 0 saturated carbocycles. The van der Waals surface area contributed by atoms with Crippen LogP contribution in [0.5, 0.6) is 0 Å². The Morgan fingerprint density at radius 2 is 2.19 bits per heavy atom.